The number of hydrogen-bond acceptors (Lipinski definition) is 2. The van der Waals surface area contributed by atoms with Crippen molar-refractivity contribution in [2.45, 2.75) is 0 Å². The van der Waals surface area contributed by atoms with Gasteiger partial charge in [0.15, 0.2) is 0 Å². The molecule has 1 saturated heterocycles. The number of nitrogens with one attached hydrogen (secondary N) is 1. The number of carboxylic acid groups (broad SMARTS) is 1. The van der Waals surface area contributed by atoms with E-state index in [1.807, 2.05) is 24.3 Å². The van der Waals surface area contributed by atoms with E-state index in [-0.39, 0.29) is 11.6 Å². The van der Waals surface area contributed by atoms with Crippen molar-refractivity contribution in [3.63, 3.8) is 0 Å². The maximum atomic E-state index is 11.8. The van der Waals surface area contributed by atoms with Crippen molar-refractivity contribution in [1.82, 2.24) is 5.32 Å². The molecule has 1 aliphatic heterocycles. The number of urea groups is 1. The Morgan fingerprint density at radius 3 is 2.68 bits per heavy atom. The summed E-state index contributed by atoms with van der Waals surface area (Å²) in [5.41, 5.74) is 0.622. The molecule has 0 radical (unpaired) electrons. The van der Waals surface area contributed by atoms with Crippen LogP contribution in [0.1, 0.15) is 10.4 Å². The SMILES string of the molecule is O=C(O)c1ccc2ccccc2c1N1CCNC1=O. The molecular weight excluding hydrogens is 244 g/mol. The molecule has 96 valence electrons. The van der Waals surface area contributed by atoms with E-state index in [0.717, 1.165) is 10.8 Å². The average molecular weight is 256 g/mol. The van der Waals surface area contributed by atoms with Crippen molar-refractivity contribution < 1.29 is 14.7 Å². The number of anilines is 1. The highest BCUT2D eigenvalue weighted by atomic mass is 16.4. The molecule has 0 aliphatic carbocycles. The van der Waals surface area contributed by atoms with Gasteiger partial charge in [0.25, 0.3) is 0 Å². The Kier molecular flexibility index (Phi) is 2.59. The third kappa shape index (κ3) is 1.79. The van der Waals surface area contributed by atoms with Gasteiger partial charge in [-0.25, -0.2) is 9.59 Å². The lowest BCUT2D eigenvalue weighted by Crippen LogP contribution is -2.29. The summed E-state index contributed by atoms with van der Waals surface area (Å²) in [5.74, 6) is -1.03. The molecule has 0 saturated carbocycles. The summed E-state index contributed by atoms with van der Waals surface area (Å²) in [6.45, 7) is 1.01. The highest BCUT2D eigenvalue weighted by Gasteiger charge is 2.27. The fraction of sp³-hybridized carbons (Fsp3) is 0.143. The molecule has 5 heteroatoms. The lowest BCUT2D eigenvalue weighted by Gasteiger charge is -2.19. The van der Waals surface area contributed by atoms with Gasteiger partial charge in [-0.3, -0.25) is 4.90 Å². The van der Waals surface area contributed by atoms with Gasteiger partial charge < -0.3 is 10.4 Å². The Labute approximate surface area is 109 Å². The molecule has 2 amide bonds. The smallest absolute Gasteiger partial charge is 0.337 e. The van der Waals surface area contributed by atoms with Crippen molar-refractivity contribution in [1.29, 1.82) is 0 Å². The monoisotopic (exact) mass is 256 g/mol. The number of rotatable bonds is 2. The Hall–Kier alpha value is -2.56. The highest BCUT2D eigenvalue weighted by molar-refractivity contribution is 6.12. The van der Waals surface area contributed by atoms with Crippen LogP contribution in [0.3, 0.4) is 0 Å². The Balaban J connectivity index is 2.31. The lowest BCUT2D eigenvalue weighted by molar-refractivity contribution is 0.0698. The van der Waals surface area contributed by atoms with Crippen LogP contribution < -0.4 is 10.2 Å². The summed E-state index contributed by atoms with van der Waals surface area (Å²) >= 11 is 0. The highest BCUT2D eigenvalue weighted by Crippen LogP contribution is 2.31. The number of fused-ring (bicyclic) bond motifs is 1. The van der Waals surface area contributed by atoms with Gasteiger partial charge in [-0.2, -0.15) is 0 Å². The minimum atomic E-state index is -1.03. The van der Waals surface area contributed by atoms with Gasteiger partial charge in [0.2, 0.25) is 0 Å². The second-order valence-corrected chi connectivity index (χ2v) is 4.37. The molecule has 1 fully saturated rings. The minimum absolute atomic E-state index is 0.149. The molecule has 2 N–H and O–H groups in total. The maximum absolute atomic E-state index is 11.8. The molecule has 19 heavy (non-hydrogen) atoms. The number of benzene rings is 2. The van der Waals surface area contributed by atoms with Gasteiger partial charge in [-0.05, 0) is 11.5 Å². The molecule has 2 aromatic carbocycles. The first kappa shape index (κ1) is 11.5. The molecule has 0 atom stereocenters. The summed E-state index contributed by atoms with van der Waals surface area (Å²) in [6, 6.07) is 10.5. The number of nitrogens with zero attached hydrogens (tertiary/aromatic N) is 1. The van der Waals surface area contributed by atoms with Gasteiger partial charge in [-0.1, -0.05) is 30.3 Å². The van der Waals surface area contributed by atoms with Gasteiger partial charge in [0.05, 0.1) is 11.3 Å². The predicted molar refractivity (Wildman–Crippen MR) is 71.7 cm³/mol. The number of carbonyl (C=O) groups excluding carboxylic acids is 1. The number of aromatic carboxylic acids is 1. The van der Waals surface area contributed by atoms with Crippen LogP contribution in [0.4, 0.5) is 10.5 Å². The zero-order chi connectivity index (χ0) is 13.4. The molecular formula is C14H12N2O3. The summed E-state index contributed by atoms with van der Waals surface area (Å²) in [5, 5.41) is 13.7. The Morgan fingerprint density at radius 1 is 1.21 bits per heavy atom. The Morgan fingerprint density at radius 2 is 2.00 bits per heavy atom. The fourth-order valence-electron chi connectivity index (χ4n) is 2.40. The van der Waals surface area contributed by atoms with Crippen molar-refractivity contribution in [2.75, 3.05) is 18.0 Å². The second-order valence-electron chi connectivity index (χ2n) is 4.37. The van der Waals surface area contributed by atoms with Crippen LogP contribution in [-0.2, 0) is 0 Å². The molecule has 0 aromatic heterocycles. The van der Waals surface area contributed by atoms with Crippen LogP contribution in [0, 0.1) is 0 Å². The molecule has 0 spiro atoms. The first-order valence-corrected chi connectivity index (χ1v) is 5.99. The first-order valence-electron chi connectivity index (χ1n) is 5.99. The van der Waals surface area contributed by atoms with Gasteiger partial charge in [-0.15, -0.1) is 0 Å². The number of hydrogen-bond donors (Lipinski definition) is 2. The van der Waals surface area contributed by atoms with Gasteiger partial charge >= 0.3 is 12.0 Å². The quantitative estimate of drug-likeness (QED) is 0.864. The standard InChI is InChI=1S/C14H12N2O3/c17-13(18)11-6-5-9-3-1-2-4-10(9)12(11)16-8-7-15-14(16)19/h1-6H,7-8H2,(H,15,19)(H,17,18). The second kappa shape index (κ2) is 4.28. The van der Waals surface area contributed by atoms with Crippen molar-refractivity contribution in [3.8, 4) is 0 Å². The Bertz CT molecular complexity index is 681. The maximum Gasteiger partial charge on any atom is 0.337 e. The van der Waals surface area contributed by atoms with Gasteiger partial charge in [0.1, 0.15) is 0 Å². The molecule has 3 rings (SSSR count). The molecule has 1 heterocycles. The summed E-state index contributed by atoms with van der Waals surface area (Å²) < 4.78 is 0. The van der Waals surface area contributed by atoms with Crippen molar-refractivity contribution >= 4 is 28.5 Å². The van der Waals surface area contributed by atoms with E-state index in [1.54, 1.807) is 12.1 Å². The molecule has 5 nitrogen and oxygen atoms in total. The fourth-order valence-corrected chi connectivity index (χ4v) is 2.40. The van der Waals surface area contributed by atoms with Crippen LogP contribution >= 0.6 is 0 Å². The number of carboxylic acids is 1. The van der Waals surface area contributed by atoms with Crippen molar-refractivity contribution in [2.24, 2.45) is 0 Å². The topological polar surface area (TPSA) is 69.6 Å². The normalized spacial score (nSPS) is 14.7. The lowest BCUT2D eigenvalue weighted by atomic mass is 10.0. The third-order valence-corrected chi connectivity index (χ3v) is 3.26. The van der Waals surface area contributed by atoms with E-state index in [1.165, 1.54) is 4.90 Å². The minimum Gasteiger partial charge on any atom is -0.478 e. The zero-order valence-corrected chi connectivity index (χ0v) is 10.1. The number of amides is 2. The molecule has 0 unspecified atom stereocenters. The van der Waals surface area contributed by atoms with Gasteiger partial charge in [0, 0.05) is 18.5 Å². The summed E-state index contributed by atoms with van der Waals surface area (Å²) in [4.78, 5) is 24.7. The van der Waals surface area contributed by atoms with E-state index in [9.17, 15) is 14.7 Å². The van der Waals surface area contributed by atoms with E-state index in [0.29, 0.717) is 18.8 Å². The van der Waals surface area contributed by atoms with E-state index < -0.39 is 5.97 Å². The van der Waals surface area contributed by atoms with Crippen LogP contribution in [0.25, 0.3) is 10.8 Å². The van der Waals surface area contributed by atoms with E-state index in [2.05, 4.69) is 5.32 Å². The largest absolute Gasteiger partial charge is 0.478 e. The summed E-state index contributed by atoms with van der Waals surface area (Å²) in [7, 11) is 0. The summed E-state index contributed by atoms with van der Waals surface area (Å²) in [6.07, 6.45) is 0. The predicted octanol–water partition coefficient (Wildman–Crippen LogP) is 2.07. The van der Waals surface area contributed by atoms with Crippen LogP contribution in [0.15, 0.2) is 36.4 Å². The third-order valence-electron chi connectivity index (χ3n) is 3.26. The first-order chi connectivity index (χ1) is 9.18. The van der Waals surface area contributed by atoms with E-state index >= 15 is 0 Å². The van der Waals surface area contributed by atoms with Crippen LogP contribution in [0.2, 0.25) is 0 Å². The molecule has 0 bridgehead atoms. The number of carbonyl (C=O) groups is 2. The van der Waals surface area contributed by atoms with E-state index in [4.69, 9.17) is 0 Å². The zero-order valence-electron chi connectivity index (χ0n) is 10.1. The van der Waals surface area contributed by atoms with Crippen molar-refractivity contribution in [3.05, 3.63) is 42.0 Å². The van der Waals surface area contributed by atoms with Crippen LogP contribution in [-0.4, -0.2) is 30.2 Å². The molecule has 1 aliphatic rings. The molecule has 2 aromatic rings. The van der Waals surface area contributed by atoms with Crippen LogP contribution in [0.5, 0.6) is 0 Å². The average Bonchev–Trinajstić information content (AvgIpc) is 2.83.